The minimum atomic E-state index is 0.402. The van der Waals surface area contributed by atoms with Gasteiger partial charge >= 0.3 is 0 Å². The number of nitrogens with one attached hydrogen (secondary N) is 1. The summed E-state index contributed by atoms with van der Waals surface area (Å²) in [4.78, 5) is 2.59. The van der Waals surface area contributed by atoms with Gasteiger partial charge in [-0.1, -0.05) is 13.3 Å². The van der Waals surface area contributed by atoms with Crippen molar-refractivity contribution < 1.29 is 4.42 Å². The number of piperidine rings is 1. The highest BCUT2D eigenvalue weighted by molar-refractivity contribution is 5.05. The van der Waals surface area contributed by atoms with Crippen molar-refractivity contribution in [3.8, 4) is 0 Å². The Hall–Kier alpha value is -0.800. The molecule has 3 heteroatoms. The summed E-state index contributed by atoms with van der Waals surface area (Å²) in [5.41, 5.74) is 0. The van der Waals surface area contributed by atoms with E-state index in [9.17, 15) is 0 Å². The summed E-state index contributed by atoms with van der Waals surface area (Å²) in [7, 11) is 0. The van der Waals surface area contributed by atoms with E-state index in [2.05, 4.69) is 37.1 Å². The predicted molar refractivity (Wildman–Crippen MR) is 79.2 cm³/mol. The van der Waals surface area contributed by atoms with Gasteiger partial charge in [-0.25, -0.2) is 0 Å². The van der Waals surface area contributed by atoms with Crippen molar-refractivity contribution in [1.29, 1.82) is 0 Å². The van der Waals surface area contributed by atoms with Crippen LogP contribution in [0.3, 0.4) is 0 Å². The summed E-state index contributed by atoms with van der Waals surface area (Å²) in [5.74, 6) is 1.10. The molecule has 2 unspecified atom stereocenters. The lowest BCUT2D eigenvalue weighted by Crippen LogP contribution is -2.47. The lowest BCUT2D eigenvalue weighted by Gasteiger charge is -2.37. The Kier molecular flexibility index (Phi) is 5.46. The van der Waals surface area contributed by atoms with Gasteiger partial charge in [-0.2, -0.15) is 0 Å². The van der Waals surface area contributed by atoms with Crippen LogP contribution in [0.5, 0.6) is 0 Å². The molecule has 19 heavy (non-hydrogen) atoms. The fourth-order valence-electron chi connectivity index (χ4n) is 3.11. The molecular formula is C16H28N2O. The van der Waals surface area contributed by atoms with Crippen molar-refractivity contribution in [2.24, 2.45) is 0 Å². The zero-order valence-corrected chi connectivity index (χ0v) is 12.6. The van der Waals surface area contributed by atoms with Gasteiger partial charge in [-0.05, 0) is 51.8 Å². The largest absolute Gasteiger partial charge is 0.468 e. The van der Waals surface area contributed by atoms with Crippen molar-refractivity contribution in [2.75, 3.05) is 13.1 Å². The number of hydrogen-bond donors (Lipinski definition) is 1. The quantitative estimate of drug-likeness (QED) is 0.851. The van der Waals surface area contributed by atoms with Crippen LogP contribution >= 0.6 is 0 Å². The summed E-state index contributed by atoms with van der Waals surface area (Å²) in [6.45, 7) is 9.12. The topological polar surface area (TPSA) is 28.4 Å². The first-order valence-electron chi connectivity index (χ1n) is 7.75. The Morgan fingerprint density at radius 2 is 2.26 bits per heavy atom. The van der Waals surface area contributed by atoms with Gasteiger partial charge in [-0.15, -0.1) is 0 Å². The highest BCUT2D eigenvalue weighted by Crippen LogP contribution is 2.27. The SMILES string of the molecule is CCC(c1ccco1)N(CC1CCCCN1)C(C)C. The van der Waals surface area contributed by atoms with Gasteiger partial charge in [0.05, 0.1) is 12.3 Å². The van der Waals surface area contributed by atoms with Gasteiger partial charge in [0.15, 0.2) is 0 Å². The Morgan fingerprint density at radius 3 is 2.79 bits per heavy atom. The maximum atomic E-state index is 5.64. The predicted octanol–water partition coefficient (Wildman–Crippen LogP) is 3.58. The van der Waals surface area contributed by atoms with Gasteiger partial charge in [0, 0.05) is 18.6 Å². The van der Waals surface area contributed by atoms with Gasteiger partial charge in [0.2, 0.25) is 0 Å². The maximum Gasteiger partial charge on any atom is 0.120 e. The summed E-state index contributed by atoms with van der Waals surface area (Å²) >= 11 is 0. The van der Waals surface area contributed by atoms with Crippen LogP contribution in [-0.4, -0.2) is 30.1 Å². The normalized spacial score (nSPS) is 22.1. The molecule has 0 bridgehead atoms. The summed E-state index contributed by atoms with van der Waals surface area (Å²) in [6.07, 6.45) is 6.88. The van der Waals surface area contributed by atoms with E-state index >= 15 is 0 Å². The van der Waals surface area contributed by atoms with Crippen LogP contribution < -0.4 is 5.32 Å². The third kappa shape index (κ3) is 3.83. The maximum absolute atomic E-state index is 5.64. The molecule has 1 fully saturated rings. The van der Waals surface area contributed by atoms with Crippen molar-refractivity contribution in [3.63, 3.8) is 0 Å². The van der Waals surface area contributed by atoms with E-state index < -0.39 is 0 Å². The average Bonchev–Trinajstić information content (AvgIpc) is 2.93. The van der Waals surface area contributed by atoms with E-state index in [1.54, 1.807) is 6.26 Å². The first-order valence-corrected chi connectivity index (χ1v) is 7.75. The van der Waals surface area contributed by atoms with Crippen LogP contribution in [0.25, 0.3) is 0 Å². The molecule has 3 nitrogen and oxygen atoms in total. The van der Waals surface area contributed by atoms with E-state index in [4.69, 9.17) is 4.42 Å². The minimum absolute atomic E-state index is 0.402. The van der Waals surface area contributed by atoms with E-state index in [0.29, 0.717) is 18.1 Å². The first-order chi connectivity index (χ1) is 9.22. The summed E-state index contributed by atoms with van der Waals surface area (Å²) < 4.78 is 5.64. The van der Waals surface area contributed by atoms with Crippen molar-refractivity contribution in [2.45, 2.75) is 64.6 Å². The zero-order chi connectivity index (χ0) is 13.7. The lowest BCUT2D eigenvalue weighted by molar-refractivity contribution is 0.110. The highest BCUT2D eigenvalue weighted by atomic mass is 16.3. The molecule has 2 rings (SSSR count). The molecule has 1 aliphatic rings. The van der Waals surface area contributed by atoms with Gasteiger partial charge < -0.3 is 9.73 Å². The summed E-state index contributed by atoms with van der Waals surface area (Å²) in [5, 5.41) is 3.66. The lowest BCUT2D eigenvalue weighted by atomic mass is 10.0. The Morgan fingerprint density at radius 1 is 1.42 bits per heavy atom. The molecule has 1 N–H and O–H groups in total. The van der Waals surface area contributed by atoms with Crippen LogP contribution in [0, 0.1) is 0 Å². The molecule has 0 amide bonds. The molecule has 0 spiro atoms. The molecule has 108 valence electrons. The zero-order valence-electron chi connectivity index (χ0n) is 12.6. The van der Waals surface area contributed by atoms with Crippen LogP contribution in [0.2, 0.25) is 0 Å². The Bertz CT molecular complexity index is 342. The average molecular weight is 264 g/mol. The van der Waals surface area contributed by atoms with Crippen molar-refractivity contribution in [3.05, 3.63) is 24.2 Å². The Balaban J connectivity index is 2.05. The van der Waals surface area contributed by atoms with Crippen molar-refractivity contribution in [1.82, 2.24) is 10.2 Å². The molecule has 0 aliphatic carbocycles. The molecule has 1 aromatic rings. The molecule has 0 aromatic carbocycles. The highest BCUT2D eigenvalue weighted by Gasteiger charge is 2.26. The monoisotopic (exact) mass is 264 g/mol. The smallest absolute Gasteiger partial charge is 0.120 e. The molecule has 1 saturated heterocycles. The second-order valence-electron chi connectivity index (χ2n) is 5.88. The third-order valence-corrected chi connectivity index (χ3v) is 4.17. The van der Waals surface area contributed by atoms with Gasteiger partial charge in [0.1, 0.15) is 5.76 Å². The molecule has 0 saturated carbocycles. The van der Waals surface area contributed by atoms with Crippen LogP contribution in [0.1, 0.15) is 58.3 Å². The number of furan rings is 1. The van der Waals surface area contributed by atoms with Gasteiger partial charge in [0.25, 0.3) is 0 Å². The molecule has 0 radical (unpaired) electrons. The van der Waals surface area contributed by atoms with E-state index in [-0.39, 0.29) is 0 Å². The third-order valence-electron chi connectivity index (χ3n) is 4.17. The molecule has 1 aliphatic heterocycles. The second-order valence-corrected chi connectivity index (χ2v) is 5.88. The Labute approximate surface area is 117 Å². The molecular weight excluding hydrogens is 236 g/mol. The molecule has 2 atom stereocenters. The standard InChI is InChI=1S/C16H28N2O/c1-4-15(16-9-7-11-19-16)18(13(2)3)12-14-8-5-6-10-17-14/h7,9,11,13-15,17H,4-6,8,10,12H2,1-3H3. The molecule has 1 aromatic heterocycles. The number of nitrogens with zero attached hydrogens (tertiary/aromatic N) is 1. The minimum Gasteiger partial charge on any atom is -0.468 e. The van der Waals surface area contributed by atoms with Crippen LogP contribution in [-0.2, 0) is 0 Å². The van der Waals surface area contributed by atoms with Crippen LogP contribution in [0.4, 0.5) is 0 Å². The number of rotatable bonds is 6. The first kappa shape index (κ1) is 14.6. The fourth-order valence-corrected chi connectivity index (χ4v) is 3.11. The van der Waals surface area contributed by atoms with Crippen LogP contribution in [0.15, 0.2) is 22.8 Å². The van der Waals surface area contributed by atoms with E-state index in [0.717, 1.165) is 18.7 Å². The van der Waals surface area contributed by atoms with E-state index in [1.807, 2.05) is 6.07 Å². The fraction of sp³-hybridized carbons (Fsp3) is 0.750. The molecule has 2 heterocycles. The second kappa shape index (κ2) is 7.11. The summed E-state index contributed by atoms with van der Waals surface area (Å²) in [6, 6.07) is 5.69. The van der Waals surface area contributed by atoms with Crippen molar-refractivity contribution >= 4 is 0 Å². The van der Waals surface area contributed by atoms with E-state index in [1.165, 1.54) is 25.8 Å². The van der Waals surface area contributed by atoms with Gasteiger partial charge in [-0.3, -0.25) is 4.90 Å². The number of hydrogen-bond acceptors (Lipinski definition) is 3.